The van der Waals surface area contributed by atoms with Crippen molar-refractivity contribution >= 4 is 10.8 Å². The maximum atomic E-state index is 12.7. The number of hydrogen-bond acceptors (Lipinski definition) is 2. The molecule has 3 aromatic rings. The van der Waals surface area contributed by atoms with E-state index in [9.17, 15) is 4.79 Å². The van der Waals surface area contributed by atoms with Crippen molar-refractivity contribution < 1.29 is 0 Å². The van der Waals surface area contributed by atoms with Gasteiger partial charge < -0.3 is 9.88 Å². The Morgan fingerprint density at radius 1 is 0.957 bits per heavy atom. The van der Waals surface area contributed by atoms with Gasteiger partial charge in [-0.3, -0.25) is 4.79 Å². The molecule has 3 heteroatoms. The largest absolute Gasteiger partial charge is 0.313 e. The van der Waals surface area contributed by atoms with Crippen molar-refractivity contribution in [2.45, 2.75) is 19.9 Å². The molecule has 1 aromatic heterocycles. The highest BCUT2D eigenvalue weighted by Crippen LogP contribution is 2.27. The van der Waals surface area contributed by atoms with Crippen LogP contribution in [0.4, 0.5) is 0 Å². The van der Waals surface area contributed by atoms with Crippen molar-refractivity contribution in [1.82, 2.24) is 9.88 Å². The van der Waals surface area contributed by atoms with E-state index < -0.39 is 0 Å². The molecule has 0 radical (unpaired) electrons. The van der Waals surface area contributed by atoms with Crippen molar-refractivity contribution in [3.05, 3.63) is 70.5 Å². The normalized spacial score (nSPS) is 11.0. The summed E-state index contributed by atoms with van der Waals surface area (Å²) in [5.41, 5.74) is 3.31. The van der Waals surface area contributed by atoms with Gasteiger partial charge in [0.2, 0.25) is 0 Å². The van der Waals surface area contributed by atoms with Crippen LogP contribution in [0.15, 0.2) is 59.4 Å². The number of rotatable bonds is 5. The second-order valence-corrected chi connectivity index (χ2v) is 5.78. The predicted octanol–water partition coefficient (Wildman–Crippen LogP) is 3.71. The standard InChI is InChI=1S/C20H22N2O/c1-3-13-21-14-18-16-11-7-8-12-17(16)20(23)22(2)19(18)15-9-5-4-6-10-15/h4-12,21H,3,13-14H2,1-2H3. The lowest BCUT2D eigenvalue weighted by Gasteiger charge is -2.18. The summed E-state index contributed by atoms with van der Waals surface area (Å²) in [6.45, 7) is 3.88. The number of pyridine rings is 1. The first-order chi connectivity index (χ1) is 11.2. The summed E-state index contributed by atoms with van der Waals surface area (Å²) in [6.07, 6.45) is 1.09. The van der Waals surface area contributed by atoms with Gasteiger partial charge in [-0.15, -0.1) is 0 Å². The van der Waals surface area contributed by atoms with Crippen LogP contribution in [0.25, 0.3) is 22.0 Å². The summed E-state index contributed by atoms with van der Waals surface area (Å²) >= 11 is 0. The third-order valence-corrected chi connectivity index (χ3v) is 4.18. The van der Waals surface area contributed by atoms with Gasteiger partial charge in [-0.05, 0) is 35.5 Å². The fourth-order valence-corrected chi connectivity index (χ4v) is 3.08. The zero-order valence-corrected chi connectivity index (χ0v) is 13.7. The number of fused-ring (bicyclic) bond motifs is 1. The van der Waals surface area contributed by atoms with E-state index in [4.69, 9.17) is 0 Å². The van der Waals surface area contributed by atoms with E-state index in [1.165, 1.54) is 5.56 Å². The molecular formula is C20H22N2O. The van der Waals surface area contributed by atoms with Gasteiger partial charge in [-0.2, -0.15) is 0 Å². The van der Waals surface area contributed by atoms with Gasteiger partial charge >= 0.3 is 0 Å². The van der Waals surface area contributed by atoms with Crippen LogP contribution in [-0.2, 0) is 13.6 Å². The third kappa shape index (κ3) is 2.92. The second kappa shape index (κ2) is 6.80. The van der Waals surface area contributed by atoms with Gasteiger partial charge in [0.05, 0.1) is 5.69 Å². The first kappa shape index (κ1) is 15.5. The lowest BCUT2D eigenvalue weighted by atomic mass is 9.99. The number of hydrogen-bond donors (Lipinski definition) is 1. The minimum Gasteiger partial charge on any atom is -0.313 e. The van der Waals surface area contributed by atoms with E-state index in [-0.39, 0.29) is 5.56 Å². The van der Waals surface area contributed by atoms with E-state index >= 15 is 0 Å². The topological polar surface area (TPSA) is 34.0 Å². The SMILES string of the molecule is CCCNCc1c(-c2ccccc2)n(C)c(=O)c2ccccc12. The smallest absolute Gasteiger partial charge is 0.258 e. The molecule has 118 valence electrons. The van der Waals surface area contributed by atoms with Crippen LogP contribution in [0, 0.1) is 0 Å². The molecule has 0 atom stereocenters. The Kier molecular flexibility index (Phi) is 4.58. The van der Waals surface area contributed by atoms with Crippen LogP contribution in [0.2, 0.25) is 0 Å². The van der Waals surface area contributed by atoms with E-state index in [1.54, 1.807) is 4.57 Å². The maximum Gasteiger partial charge on any atom is 0.258 e. The van der Waals surface area contributed by atoms with Crippen LogP contribution in [0.5, 0.6) is 0 Å². The van der Waals surface area contributed by atoms with Gasteiger partial charge in [0.15, 0.2) is 0 Å². The van der Waals surface area contributed by atoms with Crippen LogP contribution < -0.4 is 10.9 Å². The first-order valence-corrected chi connectivity index (χ1v) is 8.10. The Morgan fingerprint density at radius 3 is 2.30 bits per heavy atom. The monoisotopic (exact) mass is 306 g/mol. The van der Waals surface area contributed by atoms with Crippen LogP contribution in [0.1, 0.15) is 18.9 Å². The molecule has 1 N–H and O–H groups in total. The van der Waals surface area contributed by atoms with Crippen LogP contribution in [-0.4, -0.2) is 11.1 Å². The molecule has 0 aliphatic heterocycles. The number of nitrogens with zero attached hydrogens (tertiary/aromatic N) is 1. The van der Waals surface area contributed by atoms with Crippen molar-refractivity contribution in [1.29, 1.82) is 0 Å². The lowest BCUT2D eigenvalue weighted by molar-refractivity contribution is 0.674. The summed E-state index contributed by atoms with van der Waals surface area (Å²) < 4.78 is 1.78. The zero-order valence-electron chi connectivity index (χ0n) is 13.7. The fourth-order valence-electron chi connectivity index (χ4n) is 3.08. The van der Waals surface area contributed by atoms with Crippen LogP contribution >= 0.6 is 0 Å². The molecule has 3 rings (SSSR count). The third-order valence-electron chi connectivity index (χ3n) is 4.18. The molecule has 0 aliphatic carbocycles. The molecule has 0 fully saturated rings. The van der Waals surface area contributed by atoms with Gasteiger partial charge in [-0.1, -0.05) is 55.5 Å². The first-order valence-electron chi connectivity index (χ1n) is 8.10. The molecule has 2 aromatic carbocycles. The fraction of sp³-hybridized carbons (Fsp3) is 0.250. The summed E-state index contributed by atoms with van der Waals surface area (Å²) in [5, 5.41) is 5.31. The molecule has 0 aliphatic rings. The molecule has 0 amide bonds. The Morgan fingerprint density at radius 2 is 1.61 bits per heavy atom. The molecular weight excluding hydrogens is 284 g/mol. The Hall–Kier alpha value is -2.39. The highest BCUT2D eigenvalue weighted by atomic mass is 16.1. The van der Waals surface area contributed by atoms with Crippen molar-refractivity contribution in [3.8, 4) is 11.3 Å². The van der Waals surface area contributed by atoms with E-state index in [0.717, 1.165) is 41.5 Å². The van der Waals surface area contributed by atoms with Gasteiger partial charge in [0.25, 0.3) is 5.56 Å². The quantitative estimate of drug-likeness (QED) is 0.729. The van der Waals surface area contributed by atoms with E-state index in [1.807, 2.05) is 49.5 Å². The average Bonchev–Trinajstić information content (AvgIpc) is 2.60. The summed E-state index contributed by atoms with van der Waals surface area (Å²) in [5.74, 6) is 0. The van der Waals surface area contributed by atoms with E-state index in [0.29, 0.717) is 0 Å². The Labute approximate surface area is 136 Å². The summed E-state index contributed by atoms with van der Waals surface area (Å²) in [4.78, 5) is 12.7. The predicted molar refractivity (Wildman–Crippen MR) is 96.6 cm³/mol. The molecule has 1 heterocycles. The minimum atomic E-state index is 0.0543. The molecule has 0 bridgehead atoms. The van der Waals surface area contributed by atoms with Crippen LogP contribution in [0.3, 0.4) is 0 Å². The molecule has 3 nitrogen and oxygen atoms in total. The molecule has 0 spiro atoms. The Balaban J connectivity index is 2.30. The zero-order chi connectivity index (χ0) is 16.2. The molecule has 23 heavy (non-hydrogen) atoms. The lowest BCUT2D eigenvalue weighted by Crippen LogP contribution is -2.23. The van der Waals surface area contributed by atoms with Crippen molar-refractivity contribution in [2.24, 2.45) is 7.05 Å². The van der Waals surface area contributed by atoms with Gasteiger partial charge in [0.1, 0.15) is 0 Å². The molecule has 0 unspecified atom stereocenters. The second-order valence-electron chi connectivity index (χ2n) is 5.78. The minimum absolute atomic E-state index is 0.0543. The van der Waals surface area contributed by atoms with E-state index in [2.05, 4.69) is 24.4 Å². The molecule has 0 saturated heterocycles. The van der Waals surface area contributed by atoms with Crippen molar-refractivity contribution in [3.63, 3.8) is 0 Å². The highest BCUT2D eigenvalue weighted by molar-refractivity contribution is 5.89. The number of nitrogens with one attached hydrogen (secondary N) is 1. The molecule has 0 saturated carbocycles. The van der Waals surface area contributed by atoms with Gasteiger partial charge in [0, 0.05) is 19.0 Å². The average molecular weight is 306 g/mol. The highest BCUT2D eigenvalue weighted by Gasteiger charge is 2.15. The summed E-state index contributed by atoms with van der Waals surface area (Å²) in [7, 11) is 1.86. The maximum absolute atomic E-state index is 12.7. The number of benzene rings is 2. The Bertz CT molecular complexity index is 866. The summed E-state index contributed by atoms with van der Waals surface area (Å²) in [6, 6.07) is 18.0. The van der Waals surface area contributed by atoms with Gasteiger partial charge in [-0.25, -0.2) is 0 Å². The number of aromatic nitrogens is 1. The van der Waals surface area contributed by atoms with Crippen molar-refractivity contribution in [2.75, 3.05) is 6.54 Å².